The normalized spacial score (nSPS) is 20.8. The Labute approximate surface area is 113 Å². The van der Waals surface area contributed by atoms with Gasteiger partial charge in [0.05, 0.1) is 13.1 Å². The van der Waals surface area contributed by atoms with Gasteiger partial charge in [0.25, 0.3) is 5.91 Å². The molecule has 2 aliphatic rings. The Morgan fingerprint density at radius 2 is 2.21 bits per heavy atom. The average Bonchev–Trinajstić information content (AvgIpc) is 3.16. The smallest absolute Gasteiger partial charge is 0.260 e. The molecule has 0 bridgehead atoms. The van der Waals surface area contributed by atoms with Gasteiger partial charge in [-0.05, 0) is 43.4 Å². The molecule has 0 spiro atoms. The Bertz CT molecular complexity index is 490. The summed E-state index contributed by atoms with van der Waals surface area (Å²) in [5.74, 6) is 1.08. The first-order valence-corrected chi connectivity index (χ1v) is 6.76. The second-order valence-corrected chi connectivity index (χ2v) is 5.73. The fraction of sp³-hybridized carbons (Fsp3) is 0.533. The van der Waals surface area contributed by atoms with Crippen LogP contribution in [0.5, 0.6) is 5.75 Å². The first-order valence-electron chi connectivity index (χ1n) is 6.76. The average molecular weight is 261 g/mol. The monoisotopic (exact) mass is 261 g/mol. The van der Waals surface area contributed by atoms with Gasteiger partial charge >= 0.3 is 0 Å². The van der Waals surface area contributed by atoms with Crippen LogP contribution in [0.25, 0.3) is 0 Å². The van der Waals surface area contributed by atoms with Crippen molar-refractivity contribution < 1.29 is 14.6 Å². The molecule has 1 heterocycles. The molecule has 0 atom stereocenters. The summed E-state index contributed by atoms with van der Waals surface area (Å²) in [6, 6.07) is 7.64. The lowest BCUT2D eigenvalue weighted by molar-refractivity contribution is -0.161. The van der Waals surface area contributed by atoms with Crippen molar-refractivity contribution >= 4 is 5.91 Å². The highest BCUT2D eigenvalue weighted by molar-refractivity contribution is 5.79. The highest BCUT2D eigenvalue weighted by atomic mass is 16.5. The van der Waals surface area contributed by atoms with Crippen LogP contribution >= 0.6 is 0 Å². The second-order valence-electron chi connectivity index (χ2n) is 5.73. The number of likely N-dealkylation sites (tertiary alicyclic amines) is 1. The number of carbonyl (C=O) groups is 1. The van der Waals surface area contributed by atoms with Gasteiger partial charge in [0.2, 0.25) is 0 Å². The number of amides is 1. The van der Waals surface area contributed by atoms with Crippen LogP contribution in [0.4, 0.5) is 0 Å². The third-order valence-corrected chi connectivity index (χ3v) is 3.97. The molecular formula is C15H19NO3. The fourth-order valence-corrected chi connectivity index (χ4v) is 2.61. The molecule has 102 valence electrons. The maximum absolute atomic E-state index is 11.9. The Balaban J connectivity index is 1.47. The minimum atomic E-state index is -0.612. The van der Waals surface area contributed by atoms with E-state index >= 15 is 0 Å². The zero-order valence-electron chi connectivity index (χ0n) is 11.1. The van der Waals surface area contributed by atoms with E-state index < -0.39 is 5.60 Å². The molecule has 1 aromatic carbocycles. The number of carbonyl (C=O) groups excluding carboxylic acids is 1. The van der Waals surface area contributed by atoms with Crippen molar-refractivity contribution in [3.05, 3.63) is 29.8 Å². The van der Waals surface area contributed by atoms with E-state index in [1.54, 1.807) is 4.90 Å². The highest BCUT2D eigenvalue weighted by Gasteiger charge is 2.53. The number of ether oxygens (including phenoxy) is 1. The third-order valence-electron chi connectivity index (χ3n) is 3.97. The van der Waals surface area contributed by atoms with Gasteiger partial charge in [-0.1, -0.05) is 12.1 Å². The van der Waals surface area contributed by atoms with Crippen LogP contribution in [0.15, 0.2) is 24.3 Å². The molecule has 1 aliphatic heterocycles. The van der Waals surface area contributed by atoms with E-state index in [0.717, 1.165) is 18.4 Å². The first-order chi connectivity index (χ1) is 9.07. The SMILES string of the molecule is Cc1cccc(OCC(=O)N2CC(O)(C3CC3)C2)c1. The molecule has 0 radical (unpaired) electrons. The zero-order valence-corrected chi connectivity index (χ0v) is 11.1. The summed E-state index contributed by atoms with van der Waals surface area (Å²) >= 11 is 0. The van der Waals surface area contributed by atoms with Crippen molar-refractivity contribution in [2.24, 2.45) is 5.92 Å². The lowest BCUT2D eigenvalue weighted by atomic mass is 9.89. The van der Waals surface area contributed by atoms with Crippen molar-refractivity contribution in [2.45, 2.75) is 25.4 Å². The molecule has 3 rings (SSSR count). The summed E-state index contributed by atoms with van der Waals surface area (Å²) in [4.78, 5) is 13.6. The molecule has 4 heteroatoms. The number of aryl methyl sites for hydroxylation is 1. The minimum Gasteiger partial charge on any atom is -0.484 e. The lowest BCUT2D eigenvalue weighted by Gasteiger charge is -2.46. The maximum Gasteiger partial charge on any atom is 0.260 e. The molecular weight excluding hydrogens is 242 g/mol. The predicted molar refractivity (Wildman–Crippen MR) is 70.9 cm³/mol. The van der Waals surface area contributed by atoms with E-state index in [9.17, 15) is 9.90 Å². The maximum atomic E-state index is 11.9. The second kappa shape index (κ2) is 4.53. The highest BCUT2D eigenvalue weighted by Crippen LogP contribution is 2.44. The molecule has 1 aromatic rings. The van der Waals surface area contributed by atoms with Gasteiger partial charge in [-0.2, -0.15) is 0 Å². The summed E-state index contributed by atoms with van der Waals surface area (Å²) in [5, 5.41) is 10.2. The quantitative estimate of drug-likeness (QED) is 0.890. The minimum absolute atomic E-state index is 0.0458. The number of hydrogen-bond donors (Lipinski definition) is 1. The van der Waals surface area contributed by atoms with Crippen molar-refractivity contribution in [3.8, 4) is 5.75 Å². The first kappa shape index (κ1) is 12.5. The van der Waals surface area contributed by atoms with Crippen molar-refractivity contribution in [2.75, 3.05) is 19.7 Å². The number of rotatable bonds is 4. The van der Waals surface area contributed by atoms with Gasteiger partial charge in [0.1, 0.15) is 11.4 Å². The molecule has 1 aliphatic carbocycles. The number of aliphatic hydroxyl groups is 1. The van der Waals surface area contributed by atoms with E-state index in [2.05, 4.69) is 0 Å². The molecule has 0 aromatic heterocycles. The Hall–Kier alpha value is -1.55. The number of nitrogens with zero attached hydrogens (tertiary/aromatic N) is 1. The zero-order chi connectivity index (χ0) is 13.5. The van der Waals surface area contributed by atoms with Gasteiger partial charge in [0.15, 0.2) is 6.61 Å². The van der Waals surface area contributed by atoms with E-state index in [1.165, 1.54) is 0 Å². The van der Waals surface area contributed by atoms with E-state index in [1.807, 2.05) is 31.2 Å². The molecule has 0 unspecified atom stereocenters. The molecule has 1 saturated heterocycles. The van der Waals surface area contributed by atoms with Crippen LogP contribution in [0, 0.1) is 12.8 Å². The van der Waals surface area contributed by atoms with Crippen LogP contribution in [0.3, 0.4) is 0 Å². The molecule has 2 fully saturated rings. The summed E-state index contributed by atoms with van der Waals surface area (Å²) in [6.45, 7) is 2.96. The number of benzene rings is 1. The fourth-order valence-electron chi connectivity index (χ4n) is 2.61. The molecule has 1 saturated carbocycles. The molecule has 1 amide bonds. The van der Waals surface area contributed by atoms with E-state index in [-0.39, 0.29) is 12.5 Å². The summed E-state index contributed by atoms with van der Waals surface area (Å²) < 4.78 is 5.48. The summed E-state index contributed by atoms with van der Waals surface area (Å²) in [6.07, 6.45) is 2.19. The van der Waals surface area contributed by atoms with Gasteiger partial charge in [0, 0.05) is 0 Å². The topological polar surface area (TPSA) is 49.8 Å². The van der Waals surface area contributed by atoms with Gasteiger partial charge < -0.3 is 14.7 Å². The van der Waals surface area contributed by atoms with Gasteiger partial charge in [-0.15, -0.1) is 0 Å². The van der Waals surface area contributed by atoms with E-state index in [0.29, 0.717) is 24.8 Å². The Morgan fingerprint density at radius 3 is 2.84 bits per heavy atom. The van der Waals surface area contributed by atoms with Crippen LogP contribution < -0.4 is 4.74 Å². The number of β-amino-alcohol motifs (C(OH)–C–C–N with tert-alkyl or cyclic N) is 1. The Morgan fingerprint density at radius 1 is 1.47 bits per heavy atom. The largest absolute Gasteiger partial charge is 0.484 e. The van der Waals surface area contributed by atoms with Crippen LogP contribution in [-0.2, 0) is 4.79 Å². The van der Waals surface area contributed by atoms with Gasteiger partial charge in [-0.25, -0.2) is 0 Å². The van der Waals surface area contributed by atoms with Crippen molar-refractivity contribution in [1.29, 1.82) is 0 Å². The standard InChI is InChI=1S/C15H19NO3/c1-11-3-2-4-13(7-11)19-8-14(17)16-9-15(18,10-16)12-5-6-12/h2-4,7,12,18H,5-6,8-10H2,1H3. The lowest BCUT2D eigenvalue weighted by Crippen LogP contribution is -2.65. The summed E-state index contributed by atoms with van der Waals surface area (Å²) in [7, 11) is 0. The van der Waals surface area contributed by atoms with Crippen molar-refractivity contribution in [3.63, 3.8) is 0 Å². The molecule has 1 N–H and O–H groups in total. The number of hydrogen-bond acceptors (Lipinski definition) is 3. The third kappa shape index (κ3) is 2.59. The van der Waals surface area contributed by atoms with Crippen LogP contribution in [0.2, 0.25) is 0 Å². The van der Waals surface area contributed by atoms with Gasteiger partial charge in [-0.3, -0.25) is 4.79 Å². The van der Waals surface area contributed by atoms with Crippen molar-refractivity contribution in [1.82, 2.24) is 4.90 Å². The predicted octanol–water partition coefficient (Wildman–Crippen LogP) is 1.36. The molecule has 4 nitrogen and oxygen atoms in total. The Kier molecular flexibility index (Phi) is 2.97. The van der Waals surface area contributed by atoms with E-state index in [4.69, 9.17) is 4.74 Å². The van der Waals surface area contributed by atoms with Crippen LogP contribution in [-0.4, -0.2) is 41.2 Å². The van der Waals surface area contributed by atoms with Crippen LogP contribution in [0.1, 0.15) is 18.4 Å². The summed E-state index contributed by atoms with van der Waals surface area (Å²) in [5.41, 5.74) is 0.496. The molecule has 19 heavy (non-hydrogen) atoms.